The normalized spacial score (nSPS) is 12.0. The molecule has 5 heteroatoms. The third-order valence-corrected chi connectivity index (χ3v) is 2.32. The topological polar surface area (TPSA) is 49.9 Å². The highest BCUT2D eigenvalue weighted by Crippen LogP contribution is 2.20. The smallest absolute Gasteiger partial charge is 0.410 e. The van der Waals surface area contributed by atoms with Crippen LogP contribution in [0.4, 0.5) is 4.79 Å². The zero-order valence-corrected chi connectivity index (χ0v) is 12.8. The minimum Gasteiger partial charge on any atom is -0.444 e. The molecule has 0 unspecified atom stereocenters. The zero-order valence-electron chi connectivity index (χ0n) is 12.8. The second kappa shape index (κ2) is 5.59. The van der Waals surface area contributed by atoms with E-state index in [1.54, 1.807) is 21.1 Å². The minimum atomic E-state index is -0.630. The Bertz CT molecular complexity index is 317. The van der Waals surface area contributed by atoms with Crippen LogP contribution in [0.3, 0.4) is 0 Å². The van der Waals surface area contributed by atoms with Gasteiger partial charge in [0, 0.05) is 27.7 Å². The molecule has 0 N–H and O–H groups in total. The Kier molecular flexibility index (Phi) is 5.20. The van der Waals surface area contributed by atoms with E-state index in [-0.39, 0.29) is 5.91 Å². The number of nitrogens with zero attached hydrogens (tertiary/aromatic N) is 2. The lowest BCUT2D eigenvalue weighted by molar-refractivity contribution is -0.138. The molecule has 18 heavy (non-hydrogen) atoms. The molecule has 0 fully saturated rings. The van der Waals surface area contributed by atoms with Crippen molar-refractivity contribution in [1.82, 2.24) is 9.80 Å². The molecule has 0 heterocycles. The van der Waals surface area contributed by atoms with Gasteiger partial charge in [0.05, 0.1) is 5.41 Å². The molecule has 0 aromatic heterocycles. The molecule has 0 aliphatic rings. The highest BCUT2D eigenvalue weighted by atomic mass is 16.6. The second-order valence-corrected chi connectivity index (χ2v) is 6.42. The van der Waals surface area contributed by atoms with Crippen LogP contribution in [0.15, 0.2) is 0 Å². The minimum absolute atomic E-state index is 0.0158. The summed E-state index contributed by atoms with van der Waals surface area (Å²) >= 11 is 0. The summed E-state index contributed by atoms with van der Waals surface area (Å²) in [6.45, 7) is 9.39. The Morgan fingerprint density at radius 3 is 1.78 bits per heavy atom. The van der Waals surface area contributed by atoms with E-state index in [0.29, 0.717) is 6.54 Å². The van der Waals surface area contributed by atoms with E-state index in [9.17, 15) is 9.59 Å². The van der Waals surface area contributed by atoms with Crippen molar-refractivity contribution in [2.24, 2.45) is 5.41 Å². The van der Waals surface area contributed by atoms with E-state index in [0.717, 1.165) is 0 Å². The van der Waals surface area contributed by atoms with Gasteiger partial charge >= 0.3 is 6.09 Å². The monoisotopic (exact) mass is 258 g/mol. The molecule has 0 spiro atoms. The van der Waals surface area contributed by atoms with Crippen LogP contribution in [-0.2, 0) is 9.53 Å². The first-order chi connectivity index (χ1) is 7.87. The summed E-state index contributed by atoms with van der Waals surface area (Å²) in [6.07, 6.45) is -0.415. The predicted octanol–water partition coefficient (Wildman–Crippen LogP) is 1.97. The molecule has 0 rings (SSSR count). The summed E-state index contributed by atoms with van der Waals surface area (Å²) in [5, 5.41) is 0. The quantitative estimate of drug-likeness (QED) is 0.777. The fraction of sp³-hybridized carbons (Fsp3) is 0.846. The Morgan fingerprint density at radius 2 is 1.44 bits per heavy atom. The molecule has 0 aliphatic heterocycles. The third kappa shape index (κ3) is 5.38. The van der Waals surface area contributed by atoms with Crippen molar-refractivity contribution >= 4 is 12.0 Å². The summed E-state index contributed by atoms with van der Waals surface area (Å²) < 4.78 is 5.25. The highest BCUT2D eigenvalue weighted by Gasteiger charge is 2.33. The van der Waals surface area contributed by atoms with Crippen LogP contribution in [0, 0.1) is 5.41 Å². The summed E-state index contributed by atoms with van der Waals surface area (Å²) in [5.74, 6) is -0.0158. The maximum atomic E-state index is 12.0. The molecule has 0 atom stereocenters. The summed E-state index contributed by atoms with van der Waals surface area (Å²) in [7, 11) is 5.05. The Hall–Kier alpha value is -1.26. The first-order valence-corrected chi connectivity index (χ1v) is 6.03. The lowest BCUT2D eigenvalue weighted by atomic mass is 9.91. The predicted molar refractivity (Wildman–Crippen MR) is 71.3 cm³/mol. The van der Waals surface area contributed by atoms with E-state index in [4.69, 9.17) is 4.74 Å². The van der Waals surface area contributed by atoms with Gasteiger partial charge in [0.15, 0.2) is 0 Å². The summed E-state index contributed by atoms with van der Waals surface area (Å²) in [4.78, 5) is 26.7. The van der Waals surface area contributed by atoms with E-state index < -0.39 is 17.1 Å². The van der Waals surface area contributed by atoms with Crippen molar-refractivity contribution in [3.05, 3.63) is 0 Å². The number of hydrogen-bond acceptors (Lipinski definition) is 3. The largest absolute Gasteiger partial charge is 0.444 e. The van der Waals surface area contributed by atoms with Crippen LogP contribution >= 0.6 is 0 Å². The molecule has 0 saturated carbocycles. The van der Waals surface area contributed by atoms with Gasteiger partial charge in [0.25, 0.3) is 0 Å². The summed E-state index contributed by atoms with van der Waals surface area (Å²) in [5.41, 5.74) is -1.16. The van der Waals surface area contributed by atoms with E-state index in [1.165, 1.54) is 9.80 Å². The van der Waals surface area contributed by atoms with Crippen LogP contribution in [0.1, 0.15) is 34.6 Å². The fourth-order valence-corrected chi connectivity index (χ4v) is 1.67. The van der Waals surface area contributed by atoms with Gasteiger partial charge in [-0.05, 0) is 34.6 Å². The molecule has 0 aromatic carbocycles. The second-order valence-electron chi connectivity index (χ2n) is 6.42. The highest BCUT2D eigenvalue weighted by molar-refractivity contribution is 5.82. The van der Waals surface area contributed by atoms with Gasteiger partial charge in [-0.25, -0.2) is 4.79 Å². The van der Waals surface area contributed by atoms with E-state index >= 15 is 0 Å². The zero-order chi connectivity index (χ0) is 14.7. The maximum absolute atomic E-state index is 12.0. The third-order valence-electron chi connectivity index (χ3n) is 2.32. The Labute approximate surface area is 110 Å². The van der Waals surface area contributed by atoms with Crippen molar-refractivity contribution in [3.63, 3.8) is 0 Å². The van der Waals surface area contributed by atoms with Crippen LogP contribution in [0.5, 0.6) is 0 Å². The molecular weight excluding hydrogens is 232 g/mol. The molecule has 106 valence electrons. The van der Waals surface area contributed by atoms with E-state index in [2.05, 4.69) is 0 Å². The van der Waals surface area contributed by atoms with Gasteiger partial charge in [-0.3, -0.25) is 4.79 Å². The first kappa shape index (κ1) is 16.7. The number of carbonyl (C=O) groups is 2. The molecule has 2 amide bonds. The number of carbonyl (C=O) groups excluding carboxylic acids is 2. The van der Waals surface area contributed by atoms with E-state index in [1.807, 2.05) is 34.6 Å². The van der Waals surface area contributed by atoms with Crippen molar-refractivity contribution in [1.29, 1.82) is 0 Å². The van der Waals surface area contributed by atoms with Gasteiger partial charge in [0.1, 0.15) is 5.60 Å². The van der Waals surface area contributed by atoms with Gasteiger partial charge in [0.2, 0.25) is 5.91 Å². The van der Waals surface area contributed by atoms with Crippen molar-refractivity contribution in [2.45, 2.75) is 40.2 Å². The fourth-order valence-electron chi connectivity index (χ4n) is 1.67. The number of rotatable bonds is 3. The molecule has 5 nitrogen and oxygen atoms in total. The van der Waals surface area contributed by atoms with Gasteiger partial charge in [-0.1, -0.05) is 0 Å². The molecule has 0 radical (unpaired) electrons. The van der Waals surface area contributed by atoms with Crippen LogP contribution < -0.4 is 0 Å². The van der Waals surface area contributed by atoms with Crippen LogP contribution in [0.25, 0.3) is 0 Å². The van der Waals surface area contributed by atoms with Gasteiger partial charge < -0.3 is 14.5 Å². The molecule has 0 aliphatic carbocycles. The molecular formula is C13H26N2O3. The van der Waals surface area contributed by atoms with Crippen molar-refractivity contribution < 1.29 is 14.3 Å². The molecule has 0 aromatic rings. The number of ether oxygens (including phenoxy) is 1. The maximum Gasteiger partial charge on any atom is 0.410 e. The first-order valence-electron chi connectivity index (χ1n) is 6.03. The molecule has 0 saturated heterocycles. The average Bonchev–Trinajstić information content (AvgIpc) is 2.12. The summed E-state index contributed by atoms with van der Waals surface area (Å²) in [6, 6.07) is 0. The van der Waals surface area contributed by atoms with Gasteiger partial charge in [-0.15, -0.1) is 0 Å². The number of amides is 2. The Morgan fingerprint density at radius 1 is 1.00 bits per heavy atom. The average molecular weight is 258 g/mol. The van der Waals surface area contributed by atoms with Crippen LogP contribution in [0.2, 0.25) is 0 Å². The van der Waals surface area contributed by atoms with Crippen molar-refractivity contribution in [3.8, 4) is 0 Å². The van der Waals surface area contributed by atoms with Crippen LogP contribution in [-0.4, -0.2) is 55.1 Å². The number of hydrogen-bond donors (Lipinski definition) is 0. The Balaban J connectivity index is 4.61. The SMILES string of the molecule is CN(C)C(=O)C(C)(C)CN(C)C(=O)OC(C)(C)C. The van der Waals surface area contributed by atoms with Gasteiger partial charge in [-0.2, -0.15) is 0 Å². The molecule has 0 bridgehead atoms. The lowest BCUT2D eigenvalue weighted by Gasteiger charge is -2.32. The lowest BCUT2D eigenvalue weighted by Crippen LogP contribution is -2.46. The standard InChI is InChI=1S/C13H26N2O3/c1-12(2,3)18-11(17)15(8)9-13(4,5)10(16)14(6)7/h9H2,1-8H3. The van der Waals surface area contributed by atoms with Crippen molar-refractivity contribution in [2.75, 3.05) is 27.7 Å².